The molecular weight excluding hydrogens is 182 g/mol. The number of ether oxygens (including phenoxy) is 1. The van der Waals surface area contributed by atoms with Crippen molar-refractivity contribution in [3.8, 4) is 0 Å². The van der Waals surface area contributed by atoms with Crippen LogP contribution < -0.4 is 0 Å². The third-order valence-corrected chi connectivity index (χ3v) is 2.70. The molecule has 1 rings (SSSR count). The highest BCUT2D eigenvalue weighted by atomic mass is 16.5. The van der Waals surface area contributed by atoms with Crippen LogP contribution in [0.4, 0.5) is 0 Å². The number of hydrogen-bond acceptors (Lipinski definition) is 3. The van der Waals surface area contributed by atoms with E-state index in [2.05, 4.69) is 0 Å². The SMILES string of the molecule is CCOC(C)N1CCCC[C@H]1C(=O)O. The highest BCUT2D eigenvalue weighted by molar-refractivity contribution is 5.73. The molecule has 4 nitrogen and oxygen atoms in total. The minimum atomic E-state index is -0.726. The summed E-state index contributed by atoms with van der Waals surface area (Å²) in [4.78, 5) is 12.9. The Bertz CT molecular complexity index is 196. The number of piperidine rings is 1. The van der Waals surface area contributed by atoms with E-state index in [9.17, 15) is 4.79 Å². The Balaban J connectivity index is 2.57. The predicted octanol–water partition coefficient (Wildman–Crippen LogP) is 1.31. The van der Waals surface area contributed by atoms with E-state index >= 15 is 0 Å². The van der Waals surface area contributed by atoms with Gasteiger partial charge in [0.25, 0.3) is 0 Å². The van der Waals surface area contributed by atoms with Gasteiger partial charge >= 0.3 is 5.97 Å². The van der Waals surface area contributed by atoms with Gasteiger partial charge in [-0.25, -0.2) is 0 Å². The van der Waals surface area contributed by atoms with E-state index in [1.165, 1.54) is 0 Å². The largest absolute Gasteiger partial charge is 0.480 e. The number of likely N-dealkylation sites (tertiary alicyclic amines) is 1. The number of carboxylic acids is 1. The van der Waals surface area contributed by atoms with Crippen LogP contribution in [0.1, 0.15) is 33.1 Å². The van der Waals surface area contributed by atoms with Crippen molar-refractivity contribution in [2.75, 3.05) is 13.2 Å². The number of aliphatic carboxylic acids is 1. The molecule has 0 radical (unpaired) electrons. The summed E-state index contributed by atoms with van der Waals surface area (Å²) in [6.45, 7) is 5.31. The quantitative estimate of drug-likeness (QED) is 0.745. The summed E-state index contributed by atoms with van der Waals surface area (Å²) in [6, 6.07) is -0.356. The molecule has 0 bridgehead atoms. The summed E-state index contributed by atoms with van der Waals surface area (Å²) in [5.74, 6) is -0.726. The molecule has 1 unspecified atom stereocenters. The van der Waals surface area contributed by atoms with Crippen LogP contribution >= 0.6 is 0 Å². The molecule has 1 heterocycles. The molecule has 1 aliphatic heterocycles. The van der Waals surface area contributed by atoms with Crippen molar-refractivity contribution in [3.05, 3.63) is 0 Å². The van der Waals surface area contributed by atoms with Crippen LogP contribution in [-0.4, -0.2) is 41.4 Å². The highest BCUT2D eigenvalue weighted by Gasteiger charge is 2.31. The Morgan fingerprint density at radius 1 is 1.64 bits per heavy atom. The number of hydrogen-bond donors (Lipinski definition) is 1. The van der Waals surface area contributed by atoms with Crippen LogP contribution in [0.15, 0.2) is 0 Å². The lowest BCUT2D eigenvalue weighted by Gasteiger charge is -2.36. The van der Waals surface area contributed by atoms with Gasteiger partial charge in [0.2, 0.25) is 0 Å². The van der Waals surface area contributed by atoms with Crippen LogP contribution in [0.2, 0.25) is 0 Å². The minimum Gasteiger partial charge on any atom is -0.480 e. The van der Waals surface area contributed by atoms with Gasteiger partial charge in [-0.2, -0.15) is 0 Å². The van der Waals surface area contributed by atoms with Crippen molar-refractivity contribution < 1.29 is 14.6 Å². The average molecular weight is 201 g/mol. The van der Waals surface area contributed by atoms with Gasteiger partial charge in [-0.15, -0.1) is 0 Å². The molecule has 4 heteroatoms. The summed E-state index contributed by atoms with van der Waals surface area (Å²) in [7, 11) is 0. The van der Waals surface area contributed by atoms with Crippen molar-refractivity contribution >= 4 is 5.97 Å². The molecule has 1 fully saturated rings. The Morgan fingerprint density at radius 2 is 2.36 bits per heavy atom. The van der Waals surface area contributed by atoms with Gasteiger partial charge in [-0.1, -0.05) is 6.42 Å². The number of nitrogens with zero attached hydrogens (tertiary/aromatic N) is 1. The van der Waals surface area contributed by atoms with E-state index in [0.29, 0.717) is 6.61 Å². The zero-order valence-electron chi connectivity index (χ0n) is 8.90. The summed E-state index contributed by atoms with van der Waals surface area (Å²) >= 11 is 0. The Hall–Kier alpha value is -0.610. The summed E-state index contributed by atoms with van der Waals surface area (Å²) in [5, 5.41) is 9.03. The molecule has 0 saturated carbocycles. The lowest BCUT2D eigenvalue weighted by Crippen LogP contribution is -2.49. The molecular formula is C10H19NO3. The van der Waals surface area contributed by atoms with E-state index in [4.69, 9.17) is 9.84 Å². The fourth-order valence-electron chi connectivity index (χ4n) is 1.99. The van der Waals surface area contributed by atoms with Gasteiger partial charge in [-0.05, 0) is 26.7 Å². The first-order chi connectivity index (χ1) is 6.66. The van der Waals surface area contributed by atoms with E-state index in [1.807, 2.05) is 18.7 Å². The molecule has 2 atom stereocenters. The van der Waals surface area contributed by atoms with Gasteiger partial charge in [-0.3, -0.25) is 9.69 Å². The van der Waals surface area contributed by atoms with Crippen molar-refractivity contribution in [1.82, 2.24) is 4.90 Å². The van der Waals surface area contributed by atoms with Crippen LogP contribution in [-0.2, 0) is 9.53 Å². The van der Waals surface area contributed by atoms with Crippen molar-refractivity contribution in [2.45, 2.75) is 45.4 Å². The second kappa shape index (κ2) is 5.32. The number of carboxylic acid groups (broad SMARTS) is 1. The monoisotopic (exact) mass is 201 g/mol. The first-order valence-corrected chi connectivity index (χ1v) is 5.27. The number of carbonyl (C=O) groups is 1. The Morgan fingerprint density at radius 3 is 2.93 bits per heavy atom. The third kappa shape index (κ3) is 2.69. The second-order valence-corrected chi connectivity index (χ2v) is 3.64. The van der Waals surface area contributed by atoms with Crippen molar-refractivity contribution in [3.63, 3.8) is 0 Å². The van der Waals surface area contributed by atoms with Crippen LogP contribution in [0.5, 0.6) is 0 Å². The highest BCUT2D eigenvalue weighted by Crippen LogP contribution is 2.20. The first kappa shape index (κ1) is 11.5. The molecule has 0 amide bonds. The molecule has 14 heavy (non-hydrogen) atoms. The van der Waals surface area contributed by atoms with Gasteiger partial charge in [0.1, 0.15) is 12.3 Å². The zero-order valence-corrected chi connectivity index (χ0v) is 8.90. The molecule has 0 aromatic heterocycles. The van der Waals surface area contributed by atoms with Crippen LogP contribution in [0, 0.1) is 0 Å². The van der Waals surface area contributed by atoms with Crippen molar-refractivity contribution in [1.29, 1.82) is 0 Å². The van der Waals surface area contributed by atoms with E-state index in [1.54, 1.807) is 0 Å². The van der Waals surface area contributed by atoms with E-state index in [-0.39, 0.29) is 12.3 Å². The molecule has 1 N–H and O–H groups in total. The third-order valence-electron chi connectivity index (χ3n) is 2.70. The molecule has 0 aromatic carbocycles. The Kier molecular flexibility index (Phi) is 4.35. The normalized spacial score (nSPS) is 26.0. The first-order valence-electron chi connectivity index (χ1n) is 5.27. The second-order valence-electron chi connectivity index (χ2n) is 3.64. The molecule has 82 valence electrons. The molecule has 0 aromatic rings. The van der Waals surface area contributed by atoms with Crippen LogP contribution in [0.3, 0.4) is 0 Å². The fourth-order valence-corrected chi connectivity index (χ4v) is 1.99. The smallest absolute Gasteiger partial charge is 0.320 e. The maximum Gasteiger partial charge on any atom is 0.320 e. The van der Waals surface area contributed by atoms with Gasteiger partial charge < -0.3 is 9.84 Å². The zero-order chi connectivity index (χ0) is 10.6. The minimum absolute atomic E-state index is 0.0820. The molecule has 0 aliphatic carbocycles. The van der Waals surface area contributed by atoms with E-state index in [0.717, 1.165) is 25.8 Å². The van der Waals surface area contributed by atoms with Crippen molar-refractivity contribution in [2.24, 2.45) is 0 Å². The van der Waals surface area contributed by atoms with Gasteiger partial charge in [0.05, 0.1) is 0 Å². The molecule has 0 spiro atoms. The number of rotatable bonds is 4. The van der Waals surface area contributed by atoms with Gasteiger partial charge in [0, 0.05) is 13.2 Å². The van der Waals surface area contributed by atoms with Crippen LogP contribution in [0.25, 0.3) is 0 Å². The summed E-state index contributed by atoms with van der Waals surface area (Å²) < 4.78 is 5.42. The molecule has 1 aliphatic rings. The lowest BCUT2D eigenvalue weighted by molar-refractivity contribution is -0.153. The predicted molar refractivity (Wildman–Crippen MR) is 53.1 cm³/mol. The Labute approximate surface area is 84.8 Å². The topological polar surface area (TPSA) is 49.8 Å². The molecule has 1 saturated heterocycles. The standard InChI is InChI=1S/C10H19NO3/c1-3-14-8(2)11-7-5-4-6-9(11)10(12)13/h8-9H,3-7H2,1-2H3,(H,12,13)/t8?,9-/m0/s1. The summed E-state index contributed by atoms with van der Waals surface area (Å²) in [5.41, 5.74) is 0. The average Bonchev–Trinajstić information content (AvgIpc) is 2.18. The van der Waals surface area contributed by atoms with E-state index < -0.39 is 5.97 Å². The van der Waals surface area contributed by atoms with Gasteiger partial charge in [0.15, 0.2) is 0 Å². The maximum absolute atomic E-state index is 11.0. The summed E-state index contributed by atoms with van der Waals surface area (Å²) in [6.07, 6.45) is 2.74. The maximum atomic E-state index is 11.0. The lowest BCUT2D eigenvalue weighted by atomic mass is 10.0. The fraction of sp³-hybridized carbons (Fsp3) is 0.900.